The Morgan fingerprint density at radius 1 is 0.727 bits per heavy atom. The molecule has 3 rings (SSSR count). The van der Waals surface area contributed by atoms with Crippen molar-refractivity contribution >= 4 is 11.6 Å². The second-order valence-corrected chi connectivity index (χ2v) is 6.75. The van der Waals surface area contributed by atoms with Gasteiger partial charge in [0.15, 0.2) is 0 Å². The maximum atomic E-state index is 13.0. The second kappa shape index (κ2) is 8.21. The van der Waals surface area contributed by atoms with Gasteiger partial charge in [0, 0.05) is 17.4 Å². The summed E-state index contributed by atoms with van der Waals surface area (Å²) >= 11 is 0. The monoisotopic (exact) mass is 481 g/mol. The lowest BCUT2D eigenvalue weighted by Crippen LogP contribution is -2.53. The number of aromatic nitrogens is 2. The zero-order valence-corrected chi connectivity index (χ0v) is 16.0. The molecular weight excluding hydrogens is 469 g/mol. The van der Waals surface area contributed by atoms with E-state index < -0.39 is 35.4 Å². The Balaban J connectivity index is 1.90. The van der Waals surface area contributed by atoms with Crippen molar-refractivity contribution in [2.45, 2.75) is 24.1 Å². The van der Waals surface area contributed by atoms with E-state index in [2.05, 4.69) is 15.3 Å². The van der Waals surface area contributed by atoms with Crippen molar-refractivity contribution in [2.24, 2.45) is 0 Å². The topological polar surface area (TPSA) is 58.0 Å². The summed E-state index contributed by atoms with van der Waals surface area (Å²) in [6.45, 7) is 0. The molecule has 1 aromatic heterocycles. The first-order valence-electron chi connectivity index (χ1n) is 8.87. The van der Waals surface area contributed by atoms with E-state index >= 15 is 0 Å². The minimum atomic E-state index is -6.01. The number of halogens is 9. The van der Waals surface area contributed by atoms with Crippen LogP contribution in [-0.2, 0) is 11.8 Å². The number of rotatable bonds is 4. The number of nitrogens with zero attached hydrogens (tertiary/aromatic N) is 2. The SMILES string of the molecule is OC(c1ccc(-c2cccc(Nc3nccc(C(F)(F)F)n3)c2)cc1)(C(F)(F)F)C(F)(F)F. The third-order valence-electron chi connectivity index (χ3n) is 4.52. The number of nitrogens with one attached hydrogen (secondary N) is 1. The summed E-state index contributed by atoms with van der Waals surface area (Å²) in [7, 11) is 0. The third kappa shape index (κ3) is 4.87. The number of alkyl halides is 9. The van der Waals surface area contributed by atoms with Crippen LogP contribution in [0.4, 0.5) is 51.1 Å². The van der Waals surface area contributed by atoms with Crippen LogP contribution in [0.5, 0.6) is 0 Å². The van der Waals surface area contributed by atoms with E-state index in [0.717, 1.165) is 18.3 Å². The Hall–Kier alpha value is -3.35. The largest absolute Gasteiger partial charge is 0.433 e. The summed E-state index contributed by atoms with van der Waals surface area (Å²) in [6.07, 6.45) is -15.8. The predicted octanol–water partition coefficient (Wildman–Crippen LogP) is 6.22. The highest BCUT2D eigenvalue weighted by atomic mass is 19.4. The molecule has 0 aliphatic rings. The molecule has 0 saturated heterocycles. The van der Waals surface area contributed by atoms with Gasteiger partial charge in [0.25, 0.3) is 5.60 Å². The first kappa shape index (κ1) is 24.3. The molecule has 3 aromatic rings. The van der Waals surface area contributed by atoms with E-state index in [1.807, 2.05) is 0 Å². The first-order valence-corrected chi connectivity index (χ1v) is 8.87. The molecule has 1 heterocycles. The minimum Gasteiger partial charge on any atom is -0.369 e. The van der Waals surface area contributed by atoms with Crippen molar-refractivity contribution in [3.63, 3.8) is 0 Å². The maximum Gasteiger partial charge on any atom is 0.433 e. The van der Waals surface area contributed by atoms with Gasteiger partial charge in [-0.3, -0.25) is 0 Å². The van der Waals surface area contributed by atoms with Crippen LogP contribution in [0, 0.1) is 0 Å². The molecular formula is C20H12F9N3O. The quantitative estimate of drug-likeness (QED) is 0.435. The van der Waals surface area contributed by atoms with Crippen molar-refractivity contribution in [3.8, 4) is 11.1 Å². The van der Waals surface area contributed by atoms with Gasteiger partial charge in [-0.25, -0.2) is 9.97 Å². The molecule has 176 valence electrons. The minimum absolute atomic E-state index is 0.180. The molecule has 0 radical (unpaired) electrons. The molecule has 0 atom stereocenters. The number of anilines is 2. The molecule has 0 aliphatic heterocycles. The van der Waals surface area contributed by atoms with E-state index in [9.17, 15) is 44.6 Å². The molecule has 0 aliphatic carbocycles. The standard InChI is InChI=1S/C20H12F9N3O/c21-18(22,23)15-8-9-30-16(32-15)31-14-3-1-2-12(10-14)11-4-6-13(7-5-11)17(33,19(24,25)26)20(27,28)29/h1-10,33H,(H,30,31,32). The molecule has 33 heavy (non-hydrogen) atoms. The highest BCUT2D eigenvalue weighted by molar-refractivity contribution is 5.70. The fourth-order valence-corrected chi connectivity index (χ4v) is 2.87. The molecule has 13 heteroatoms. The van der Waals surface area contributed by atoms with Gasteiger partial charge in [-0.15, -0.1) is 0 Å². The van der Waals surface area contributed by atoms with Crippen LogP contribution in [0.25, 0.3) is 11.1 Å². The molecule has 0 amide bonds. The fraction of sp³-hybridized carbons (Fsp3) is 0.200. The second-order valence-electron chi connectivity index (χ2n) is 6.75. The van der Waals surface area contributed by atoms with Gasteiger partial charge < -0.3 is 10.4 Å². The highest BCUT2D eigenvalue weighted by Crippen LogP contribution is 2.50. The van der Waals surface area contributed by atoms with Crippen LogP contribution < -0.4 is 5.32 Å². The molecule has 0 unspecified atom stereocenters. The molecule has 0 fully saturated rings. The van der Waals surface area contributed by atoms with Crippen LogP contribution in [0.15, 0.2) is 60.8 Å². The lowest BCUT2D eigenvalue weighted by molar-refractivity contribution is -0.376. The van der Waals surface area contributed by atoms with Crippen LogP contribution in [0.1, 0.15) is 11.3 Å². The summed E-state index contributed by atoms with van der Waals surface area (Å²) in [5.74, 6) is -0.377. The summed E-state index contributed by atoms with van der Waals surface area (Å²) < 4.78 is 116. The molecule has 2 N–H and O–H groups in total. The maximum absolute atomic E-state index is 13.0. The number of aliphatic hydroxyl groups is 1. The van der Waals surface area contributed by atoms with Crippen molar-refractivity contribution in [1.82, 2.24) is 9.97 Å². The van der Waals surface area contributed by atoms with Crippen molar-refractivity contribution < 1.29 is 44.6 Å². The van der Waals surface area contributed by atoms with Gasteiger partial charge in [-0.1, -0.05) is 36.4 Å². The Kier molecular flexibility index (Phi) is 6.04. The molecule has 4 nitrogen and oxygen atoms in total. The van der Waals surface area contributed by atoms with E-state index in [-0.39, 0.29) is 17.2 Å². The van der Waals surface area contributed by atoms with Crippen LogP contribution in [0.2, 0.25) is 0 Å². The van der Waals surface area contributed by atoms with Gasteiger partial charge in [0.1, 0.15) is 5.69 Å². The predicted molar refractivity (Wildman–Crippen MR) is 98.2 cm³/mol. The van der Waals surface area contributed by atoms with Gasteiger partial charge in [0.2, 0.25) is 5.95 Å². The first-order chi connectivity index (χ1) is 15.1. The fourth-order valence-electron chi connectivity index (χ4n) is 2.87. The van der Waals surface area contributed by atoms with Crippen LogP contribution in [-0.4, -0.2) is 27.4 Å². The Morgan fingerprint density at radius 3 is 1.88 bits per heavy atom. The molecule has 0 spiro atoms. The average Bonchev–Trinajstić information content (AvgIpc) is 2.71. The van der Waals surface area contributed by atoms with Gasteiger partial charge in [-0.05, 0) is 29.3 Å². The summed E-state index contributed by atoms with van der Waals surface area (Å²) in [5.41, 5.74) is -6.97. The van der Waals surface area contributed by atoms with Gasteiger partial charge in [0.05, 0.1) is 0 Å². The van der Waals surface area contributed by atoms with Gasteiger partial charge in [-0.2, -0.15) is 39.5 Å². The average molecular weight is 481 g/mol. The molecule has 2 aromatic carbocycles. The van der Waals surface area contributed by atoms with E-state index in [1.54, 1.807) is 0 Å². The molecule has 0 saturated carbocycles. The van der Waals surface area contributed by atoms with Crippen molar-refractivity contribution in [2.75, 3.05) is 5.32 Å². The number of hydrogen-bond acceptors (Lipinski definition) is 4. The Morgan fingerprint density at radius 2 is 1.33 bits per heavy atom. The van der Waals surface area contributed by atoms with Crippen molar-refractivity contribution in [3.05, 3.63) is 72.1 Å². The Labute approximate surface area is 179 Å². The lowest BCUT2D eigenvalue weighted by Gasteiger charge is -2.32. The lowest BCUT2D eigenvalue weighted by atomic mass is 9.90. The number of benzene rings is 2. The Bertz CT molecular complexity index is 1110. The normalized spacial score (nSPS) is 13.2. The van der Waals surface area contributed by atoms with Crippen LogP contribution in [0.3, 0.4) is 0 Å². The summed E-state index contributed by atoms with van der Waals surface area (Å²) in [6, 6.07) is 9.26. The highest BCUT2D eigenvalue weighted by Gasteiger charge is 2.71. The number of hydrogen-bond donors (Lipinski definition) is 2. The van der Waals surface area contributed by atoms with E-state index in [0.29, 0.717) is 23.8 Å². The van der Waals surface area contributed by atoms with E-state index in [4.69, 9.17) is 0 Å². The third-order valence-corrected chi connectivity index (χ3v) is 4.52. The van der Waals surface area contributed by atoms with Crippen LogP contribution >= 0.6 is 0 Å². The molecule has 0 bridgehead atoms. The van der Waals surface area contributed by atoms with Gasteiger partial charge >= 0.3 is 18.5 Å². The smallest absolute Gasteiger partial charge is 0.369 e. The zero-order chi connectivity index (χ0) is 24.7. The summed E-state index contributed by atoms with van der Waals surface area (Å²) in [5, 5.41) is 12.0. The zero-order valence-electron chi connectivity index (χ0n) is 16.0. The van der Waals surface area contributed by atoms with E-state index in [1.165, 1.54) is 24.3 Å². The summed E-state index contributed by atoms with van der Waals surface area (Å²) in [4.78, 5) is 7.01. The van der Waals surface area contributed by atoms with Crippen molar-refractivity contribution in [1.29, 1.82) is 0 Å².